The fourth-order valence-electron chi connectivity index (χ4n) is 2.20. The molecule has 2 rings (SSSR count). The summed E-state index contributed by atoms with van der Waals surface area (Å²) in [5, 5.41) is 16.0. The third-order valence-corrected chi connectivity index (χ3v) is 3.55. The van der Waals surface area contributed by atoms with Crippen LogP contribution in [0.3, 0.4) is 0 Å². The second-order valence-corrected chi connectivity index (χ2v) is 4.95. The molecule has 3 N–H and O–H groups in total. The van der Waals surface area contributed by atoms with E-state index in [0.29, 0.717) is 17.4 Å². The van der Waals surface area contributed by atoms with Crippen LogP contribution in [0.5, 0.6) is 5.75 Å². The van der Waals surface area contributed by atoms with Gasteiger partial charge < -0.3 is 20.5 Å². The lowest BCUT2D eigenvalue weighted by Gasteiger charge is -2.41. The first-order valence-electron chi connectivity index (χ1n) is 6.76. The first kappa shape index (κ1) is 13.9. The Hall–Kier alpha value is -1.56. The number of anilines is 2. The van der Waals surface area contributed by atoms with Gasteiger partial charge in [-0.2, -0.15) is 0 Å². The van der Waals surface area contributed by atoms with Crippen LogP contribution in [0, 0.1) is 0 Å². The maximum atomic E-state index is 9.51. The van der Waals surface area contributed by atoms with Gasteiger partial charge in [-0.15, -0.1) is 0 Å². The minimum absolute atomic E-state index is 0.109. The SMILES string of the molecule is CCCNc1ncnc(NC2(CO)CCC2)c1OC. The van der Waals surface area contributed by atoms with Gasteiger partial charge in [0.05, 0.1) is 19.3 Å². The van der Waals surface area contributed by atoms with Gasteiger partial charge in [-0.25, -0.2) is 9.97 Å². The standard InChI is InChI=1S/C13H22N4O2/c1-3-7-14-11-10(19-2)12(16-9-15-11)17-13(8-18)5-4-6-13/h9,18H,3-8H2,1-2H3,(H2,14,15,16,17). The van der Waals surface area contributed by atoms with E-state index >= 15 is 0 Å². The molecule has 1 aromatic heterocycles. The van der Waals surface area contributed by atoms with E-state index in [1.54, 1.807) is 7.11 Å². The normalized spacial score (nSPS) is 16.6. The number of aliphatic hydroxyl groups is 1. The van der Waals surface area contributed by atoms with E-state index < -0.39 is 0 Å². The van der Waals surface area contributed by atoms with Crippen molar-refractivity contribution >= 4 is 11.6 Å². The van der Waals surface area contributed by atoms with E-state index in [4.69, 9.17) is 4.74 Å². The summed E-state index contributed by atoms with van der Waals surface area (Å²) in [4.78, 5) is 8.43. The Morgan fingerprint density at radius 2 is 2.11 bits per heavy atom. The molecule has 0 bridgehead atoms. The molecule has 19 heavy (non-hydrogen) atoms. The van der Waals surface area contributed by atoms with Gasteiger partial charge in [-0.1, -0.05) is 6.92 Å². The first-order chi connectivity index (χ1) is 9.24. The van der Waals surface area contributed by atoms with Crippen LogP contribution in [0.4, 0.5) is 11.6 Å². The first-order valence-corrected chi connectivity index (χ1v) is 6.76. The predicted molar refractivity (Wildman–Crippen MR) is 74.7 cm³/mol. The van der Waals surface area contributed by atoms with E-state index in [1.165, 1.54) is 6.33 Å². The number of methoxy groups -OCH3 is 1. The van der Waals surface area contributed by atoms with Crippen molar-refractivity contribution in [3.8, 4) is 5.75 Å². The van der Waals surface area contributed by atoms with Gasteiger partial charge in [0.15, 0.2) is 11.6 Å². The van der Waals surface area contributed by atoms with Crippen LogP contribution in [-0.4, -0.2) is 40.9 Å². The van der Waals surface area contributed by atoms with E-state index in [1.807, 2.05) is 0 Å². The number of hydrogen-bond acceptors (Lipinski definition) is 6. The third-order valence-electron chi connectivity index (χ3n) is 3.55. The van der Waals surface area contributed by atoms with E-state index in [0.717, 1.165) is 32.2 Å². The van der Waals surface area contributed by atoms with Gasteiger partial charge in [0.25, 0.3) is 0 Å². The van der Waals surface area contributed by atoms with Gasteiger partial charge in [-0.05, 0) is 25.7 Å². The van der Waals surface area contributed by atoms with Crippen LogP contribution in [0.1, 0.15) is 32.6 Å². The van der Waals surface area contributed by atoms with Gasteiger partial charge in [0.1, 0.15) is 6.33 Å². The Bertz CT molecular complexity index is 416. The Morgan fingerprint density at radius 3 is 2.63 bits per heavy atom. The third kappa shape index (κ3) is 2.89. The van der Waals surface area contributed by atoms with Crippen molar-refractivity contribution in [2.75, 3.05) is 30.9 Å². The molecular formula is C13H22N4O2. The van der Waals surface area contributed by atoms with Crippen LogP contribution in [0.25, 0.3) is 0 Å². The Balaban J connectivity index is 2.19. The molecule has 1 aromatic rings. The molecule has 0 saturated heterocycles. The number of nitrogens with zero attached hydrogens (tertiary/aromatic N) is 2. The maximum absolute atomic E-state index is 9.51. The van der Waals surface area contributed by atoms with Crippen LogP contribution >= 0.6 is 0 Å². The van der Waals surface area contributed by atoms with Crippen molar-refractivity contribution in [2.24, 2.45) is 0 Å². The summed E-state index contributed by atoms with van der Waals surface area (Å²) in [5.41, 5.74) is -0.246. The van der Waals surface area contributed by atoms with E-state index in [9.17, 15) is 5.11 Å². The molecule has 0 amide bonds. The van der Waals surface area contributed by atoms with Crippen LogP contribution < -0.4 is 15.4 Å². The highest BCUT2D eigenvalue weighted by Gasteiger charge is 2.37. The molecule has 6 nitrogen and oxygen atoms in total. The molecule has 106 valence electrons. The molecular weight excluding hydrogens is 244 g/mol. The summed E-state index contributed by atoms with van der Waals surface area (Å²) < 4.78 is 5.40. The number of rotatable bonds is 7. The Morgan fingerprint density at radius 1 is 1.37 bits per heavy atom. The molecule has 1 fully saturated rings. The highest BCUT2D eigenvalue weighted by molar-refractivity contribution is 5.64. The number of hydrogen-bond donors (Lipinski definition) is 3. The highest BCUT2D eigenvalue weighted by atomic mass is 16.5. The largest absolute Gasteiger partial charge is 0.490 e. The predicted octanol–water partition coefficient (Wildman–Crippen LogP) is 1.63. The molecule has 0 spiro atoms. The average molecular weight is 266 g/mol. The highest BCUT2D eigenvalue weighted by Crippen LogP contribution is 2.38. The Labute approximate surface area is 113 Å². The van der Waals surface area contributed by atoms with Crippen LogP contribution in [0.2, 0.25) is 0 Å². The van der Waals surface area contributed by atoms with E-state index in [2.05, 4.69) is 27.5 Å². The fraction of sp³-hybridized carbons (Fsp3) is 0.692. The van der Waals surface area contributed by atoms with Gasteiger partial charge >= 0.3 is 0 Å². The summed E-state index contributed by atoms with van der Waals surface area (Å²) in [6, 6.07) is 0. The average Bonchev–Trinajstić information content (AvgIpc) is 2.40. The summed E-state index contributed by atoms with van der Waals surface area (Å²) >= 11 is 0. The number of aliphatic hydroxyl groups excluding tert-OH is 1. The second kappa shape index (κ2) is 6.06. The van der Waals surface area contributed by atoms with Gasteiger partial charge in [-0.3, -0.25) is 0 Å². The van der Waals surface area contributed by atoms with Crippen molar-refractivity contribution in [3.63, 3.8) is 0 Å². The minimum Gasteiger partial charge on any atom is -0.490 e. The molecule has 0 radical (unpaired) electrons. The lowest BCUT2D eigenvalue weighted by molar-refractivity contribution is 0.143. The number of aromatic nitrogens is 2. The number of nitrogens with one attached hydrogen (secondary N) is 2. The zero-order valence-corrected chi connectivity index (χ0v) is 11.6. The number of ether oxygens (including phenoxy) is 1. The summed E-state index contributed by atoms with van der Waals surface area (Å²) in [5.74, 6) is 1.94. The van der Waals surface area contributed by atoms with Crippen molar-refractivity contribution in [1.82, 2.24) is 9.97 Å². The van der Waals surface area contributed by atoms with Crippen LogP contribution in [0.15, 0.2) is 6.33 Å². The van der Waals surface area contributed by atoms with Crippen LogP contribution in [-0.2, 0) is 0 Å². The summed E-state index contributed by atoms with van der Waals surface area (Å²) in [7, 11) is 1.60. The molecule has 6 heteroatoms. The molecule has 0 aliphatic heterocycles. The fourth-order valence-corrected chi connectivity index (χ4v) is 2.20. The lowest BCUT2D eigenvalue weighted by Crippen LogP contribution is -2.48. The van der Waals surface area contributed by atoms with Crippen molar-refractivity contribution < 1.29 is 9.84 Å². The van der Waals surface area contributed by atoms with Crippen molar-refractivity contribution in [1.29, 1.82) is 0 Å². The summed E-state index contributed by atoms with van der Waals surface area (Å²) in [6.45, 7) is 3.03. The van der Waals surface area contributed by atoms with Crippen molar-refractivity contribution in [2.45, 2.75) is 38.1 Å². The molecule has 0 atom stereocenters. The van der Waals surface area contributed by atoms with Gasteiger partial charge in [0.2, 0.25) is 5.75 Å². The maximum Gasteiger partial charge on any atom is 0.204 e. The monoisotopic (exact) mass is 266 g/mol. The van der Waals surface area contributed by atoms with Gasteiger partial charge in [0, 0.05) is 6.54 Å². The molecule has 1 aliphatic carbocycles. The molecule has 0 aromatic carbocycles. The minimum atomic E-state index is -0.246. The molecule has 0 unspecified atom stereocenters. The Kier molecular flexibility index (Phi) is 4.42. The zero-order chi connectivity index (χ0) is 13.7. The quantitative estimate of drug-likeness (QED) is 0.696. The topological polar surface area (TPSA) is 79.3 Å². The lowest BCUT2D eigenvalue weighted by atomic mass is 9.77. The van der Waals surface area contributed by atoms with E-state index in [-0.39, 0.29) is 12.1 Å². The molecule has 1 saturated carbocycles. The molecule has 1 heterocycles. The zero-order valence-electron chi connectivity index (χ0n) is 11.6. The second-order valence-electron chi connectivity index (χ2n) is 4.95. The summed E-state index contributed by atoms with van der Waals surface area (Å²) in [6.07, 6.45) is 5.55. The smallest absolute Gasteiger partial charge is 0.204 e. The molecule has 1 aliphatic rings. The van der Waals surface area contributed by atoms with Crippen molar-refractivity contribution in [3.05, 3.63) is 6.33 Å².